The number of anilines is 1. The summed E-state index contributed by atoms with van der Waals surface area (Å²) in [5.41, 5.74) is 5.73. The molecule has 2 N–H and O–H groups in total. The van der Waals surface area contributed by atoms with E-state index in [0.29, 0.717) is 16.9 Å². The van der Waals surface area contributed by atoms with E-state index in [1.54, 1.807) is 19.1 Å². The van der Waals surface area contributed by atoms with Crippen molar-refractivity contribution < 1.29 is 33.7 Å². The van der Waals surface area contributed by atoms with Crippen molar-refractivity contribution in [1.82, 2.24) is 5.32 Å². The van der Waals surface area contributed by atoms with Gasteiger partial charge in [-0.2, -0.15) is 10.5 Å². The minimum atomic E-state index is -1.62. The maximum atomic E-state index is 13.0. The standard InChI is InChI=1S/C37H34N4O7/c1-4-41(5-2)24-14-15-29-30(17-33(23(19-38)20-39)48-34(29)16-24)22(3)47-35(42)18-32(36(43)44)40-37(45)46-21-31-27-12-8-6-10-25(27)26-11-7-9-13-28(26)31/h6-17,22,31-32H,4-5,18,21H2,1-3H3,(H,40,45)(H,43,44). The summed E-state index contributed by atoms with van der Waals surface area (Å²) in [6, 6.07) is 23.1. The number of carboxylic acids is 1. The van der Waals surface area contributed by atoms with Crippen molar-refractivity contribution in [1.29, 1.82) is 10.5 Å². The van der Waals surface area contributed by atoms with Crippen LogP contribution in [0.2, 0.25) is 0 Å². The van der Waals surface area contributed by atoms with Gasteiger partial charge >= 0.3 is 18.0 Å². The molecular formula is C37H34N4O7. The Hall–Kier alpha value is -6.07. The van der Waals surface area contributed by atoms with Crippen LogP contribution in [0.15, 0.2) is 84.1 Å². The van der Waals surface area contributed by atoms with Gasteiger partial charge in [-0.1, -0.05) is 48.5 Å². The first kappa shape index (κ1) is 33.3. The number of nitrogens with one attached hydrogen (secondary N) is 1. The zero-order chi connectivity index (χ0) is 34.4. The highest BCUT2D eigenvalue weighted by Gasteiger charge is 2.32. The lowest BCUT2D eigenvalue weighted by Crippen LogP contribution is -2.43. The van der Waals surface area contributed by atoms with Crippen LogP contribution >= 0.6 is 0 Å². The molecule has 0 spiro atoms. The van der Waals surface area contributed by atoms with Crippen molar-refractivity contribution in [2.24, 2.45) is 0 Å². The number of benzene rings is 3. The van der Waals surface area contributed by atoms with Gasteiger partial charge < -0.3 is 29.5 Å². The monoisotopic (exact) mass is 646 g/mol. The number of nitrogens with zero attached hydrogens (tertiary/aromatic N) is 3. The maximum Gasteiger partial charge on any atom is 0.407 e. The first-order chi connectivity index (χ1) is 23.2. The van der Waals surface area contributed by atoms with Crippen LogP contribution in [0.1, 0.15) is 49.8 Å². The Kier molecular flexibility index (Phi) is 10.1. The summed E-state index contributed by atoms with van der Waals surface area (Å²) in [7, 11) is 0. The topological polar surface area (TPSA) is 162 Å². The van der Waals surface area contributed by atoms with Crippen LogP contribution < -0.4 is 15.0 Å². The zero-order valence-corrected chi connectivity index (χ0v) is 26.7. The number of alkyl carbamates (subject to hydrolysis) is 1. The van der Waals surface area contributed by atoms with Crippen molar-refractivity contribution in [2.45, 2.75) is 45.3 Å². The molecule has 11 heteroatoms. The molecule has 244 valence electrons. The molecule has 5 rings (SSSR count). The Balaban J connectivity index is 1.27. The number of amides is 1. The van der Waals surface area contributed by atoms with Crippen molar-refractivity contribution in [3.8, 4) is 29.0 Å². The summed E-state index contributed by atoms with van der Waals surface area (Å²) in [6.07, 6.45) is -1.13. The Morgan fingerprint density at radius 3 is 2.17 bits per heavy atom. The summed E-state index contributed by atoms with van der Waals surface area (Å²) in [5, 5.41) is 31.1. The highest BCUT2D eigenvalue weighted by atomic mass is 16.6. The normalized spacial score (nSPS) is 13.9. The first-order valence-electron chi connectivity index (χ1n) is 15.6. The molecule has 0 radical (unpaired) electrons. The predicted octanol–water partition coefficient (Wildman–Crippen LogP) is 5.92. The number of nitriles is 2. The summed E-state index contributed by atoms with van der Waals surface area (Å²) >= 11 is 0. The van der Waals surface area contributed by atoms with E-state index in [0.717, 1.165) is 41.0 Å². The summed E-state index contributed by atoms with van der Waals surface area (Å²) in [4.78, 5) is 40.0. The lowest BCUT2D eigenvalue weighted by Gasteiger charge is -2.27. The SMILES string of the molecule is CCN(CC)c1ccc2c(c1)OC(=C(C#N)C#N)C=C2C(C)OC(=O)CC(NC(=O)OCC1c2ccccc2-c2ccccc21)C(=O)O. The number of hydrogen-bond donors (Lipinski definition) is 2. The van der Waals surface area contributed by atoms with E-state index in [9.17, 15) is 30.0 Å². The van der Waals surface area contributed by atoms with Crippen LogP contribution in [0.25, 0.3) is 16.7 Å². The molecule has 0 fully saturated rings. The quantitative estimate of drug-likeness (QED) is 0.189. The average Bonchev–Trinajstić information content (AvgIpc) is 3.41. The number of carbonyl (C=O) groups excluding carboxylic acids is 2. The molecule has 11 nitrogen and oxygen atoms in total. The fraction of sp³-hybridized carbons (Fsp3) is 0.270. The van der Waals surface area contributed by atoms with Gasteiger partial charge in [0.05, 0.1) is 6.42 Å². The van der Waals surface area contributed by atoms with Crippen molar-refractivity contribution in [3.05, 3.63) is 101 Å². The minimum absolute atomic E-state index is 0.00225. The molecule has 0 saturated carbocycles. The third-order valence-electron chi connectivity index (χ3n) is 8.43. The number of rotatable bonds is 11. The Morgan fingerprint density at radius 2 is 1.58 bits per heavy atom. The molecule has 2 atom stereocenters. The molecule has 2 unspecified atom stereocenters. The van der Waals surface area contributed by atoms with E-state index in [1.807, 2.05) is 80.6 Å². The maximum absolute atomic E-state index is 13.0. The number of aliphatic carboxylic acids is 1. The van der Waals surface area contributed by atoms with Gasteiger partial charge in [0.2, 0.25) is 0 Å². The molecule has 48 heavy (non-hydrogen) atoms. The third-order valence-corrected chi connectivity index (χ3v) is 8.43. The van der Waals surface area contributed by atoms with Gasteiger partial charge in [0.1, 0.15) is 36.6 Å². The van der Waals surface area contributed by atoms with Gasteiger partial charge in [-0.3, -0.25) is 4.79 Å². The largest absolute Gasteiger partial charge is 0.480 e. The summed E-state index contributed by atoms with van der Waals surface area (Å²) < 4.78 is 17.0. The molecule has 0 aromatic heterocycles. The summed E-state index contributed by atoms with van der Waals surface area (Å²) in [6.45, 7) is 7.07. The van der Waals surface area contributed by atoms with Crippen LogP contribution in [0.3, 0.4) is 0 Å². The van der Waals surface area contributed by atoms with Gasteiger partial charge in [-0.15, -0.1) is 0 Å². The molecule has 2 aliphatic rings. The molecule has 0 saturated heterocycles. The van der Waals surface area contributed by atoms with E-state index in [-0.39, 0.29) is 23.9 Å². The lowest BCUT2D eigenvalue weighted by molar-refractivity contribution is -0.151. The number of carbonyl (C=O) groups is 3. The van der Waals surface area contributed by atoms with Crippen LogP contribution in [-0.4, -0.2) is 55.0 Å². The molecule has 3 aromatic carbocycles. The molecule has 0 bridgehead atoms. The van der Waals surface area contributed by atoms with Crippen LogP contribution in [0, 0.1) is 22.7 Å². The number of hydrogen-bond acceptors (Lipinski definition) is 9. The van der Waals surface area contributed by atoms with Gasteiger partial charge in [0.15, 0.2) is 11.3 Å². The molecule has 3 aromatic rings. The van der Waals surface area contributed by atoms with E-state index in [4.69, 9.17) is 14.2 Å². The van der Waals surface area contributed by atoms with Gasteiger partial charge in [0, 0.05) is 41.9 Å². The molecule has 1 amide bonds. The van der Waals surface area contributed by atoms with Crippen LogP contribution in [0.5, 0.6) is 5.75 Å². The Bertz CT molecular complexity index is 1840. The number of esters is 1. The molecule has 1 aliphatic carbocycles. The van der Waals surface area contributed by atoms with E-state index >= 15 is 0 Å². The van der Waals surface area contributed by atoms with Crippen LogP contribution in [0.4, 0.5) is 10.5 Å². The zero-order valence-electron chi connectivity index (χ0n) is 26.7. The van der Waals surface area contributed by atoms with Gasteiger partial charge in [0.25, 0.3) is 0 Å². The Labute approximate surface area is 278 Å². The lowest BCUT2D eigenvalue weighted by atomic mass is 9.96. The van der Waals surface area contributed by atoms with Gasteiger partial charge in [-0.05, 0) is 61.2 Å². The second kappa shape index (κ2) is 14.6. The van der Waals surface area contributed by atoms with Crippen molar-refractivity contribution >= 4 is 29.3 Å². The minimum Gasteiger partial charge on any atom is -0.480 e. The van der Waals surface area contributed by atoms with Crippen LogP contribution in [-0.2, 0) is 19.1 Å². The smallest absolute Gasteiger partial charge is 0.407 e. The van der Waals surface area contributed by atoms with Crippen molar-refractivity contribution in [3.63, 3.8) is 0 Å². The number of ether oxygens (including phenoxy) is 3. The highest BCUT2D eigenvalue weighted by Crippen LogP contribution is 2.44. The molecule has 1 aliphatic heterocycles. The highest BCUT2D eigenvalue weighted by molar-refractivity contribution is 5.87. The number of carboxylic acid groups (broad SMARTS) is 1. The van der Waals surface area contributed by atoms with Crippen molar-refractivity contribution in [2.75, 3.05) is 24.6 Å². The second-order valence-electron chi connectivity index (χ2n) is 11.2. The Morgan fingerprint density at radius 1 is 0.958 bits per heavy atom. The predicted molar refractivity (Wildman–Crippen MR) is 177 cm³/mol. The molecular weight excluding hydrogens is 612 g/mol. The fourth-order valence-corrected chi connectivity index (χ4v) is 6.04. The van der Waals surface area contributed by atoms with E-state index in [1.165, 1.54) is 6.08 Å². The fourth-order valence-electron chi connectivity index (χ4n) is 6.04. The number of allylic oxidation sites excluding steroid dienone is 2. The van der Waals surface area contributed by atoms with Gasteiger partial charge in [-0.25, -0.2) is 9.59 Å². The number of fused-ring (bicyclic) bond motifs is 4. The summed E-state index contributed by atoms with van der Waals surface area (Å²) in [5.74, 6) is -2.18. The van der Waals surface area contributed by atoms with E-state index < -0.39 is 36.6 Å². The third kappa shape index (κ3) is 6.86. The molecule has 1 heterocycles. The second-order valence-corrected chi connectivity index (χ2v) is 11.2. The average molecular weight is 647 g/mol. The first-order valence-corrected chi connectivity index (χ1v) is 15.6. The van der Waals surface area contributed by atoms with E-state index in [2.05, 4.69) is 10.2 Å².